The van der Waals surface area contributed by atoms with Gasteiger partial charge in [0.05, 0.1) is 0 Å². The maximum Gasteiger partial charge on any atom is 0.412 e. The van der Waals surface area contributed by atoms with Gasteiger partial charge in [-0.3, -0.25) is 31.9 Å². The molecule has 3 aliphatic heterocycles. The summed E-state index contributed by atoms with van der Waals surface area (Å²) < 4.78 is 51.6. The van der Waals surface area contributed by atoms with Crippen molar-refractivity contribution in [3.05, 3.63) is 250 Å². The number of fused-ring (bicyclic) bond motifs is 3. The second-order valence-electron chi connectivity index (χ2n) is 23.5. The fourth-order valence-electron chi connectivity index (χ4n) is 11.0. The number of hydrogen-bond acceptors (Lipinski definition) is 18. The molecule has 12 rings (SSSR count). The van der Waals surface area contributed by atoms with E-state index in [0.717, 1.165) is 67.7 Å². The summed E-state index contributed by atoms with van der Waals surface area (Å²) >= 11 is 0. The van der Waals surface area contributed by atoms with Crippen molar-refractivity contribution in [1.29, 1.82) is 0 Å². The van der Waals surface area contributed by atoms with Crippen LogP contribution in [0.5, 0.6) is 17.2 Å². The molecule has 0 aromatic heterocycles. The molecule has 0 bridgehead atoms. The van der Waals surface area contributed by atoms with Crippen LogP contribution in [-0.4, -0.2) is 76.1 Å². The number of amides is 6. The standard InChI is InChI=1S/C75H71N9O15/c1-48-19-25-57(76-70(85)91-40-51-22-28-67-54(31-51)37-82(45-96-67)60-13-7-4-8-14-60)34-64(48)79-73(88)94-43-63(99-75(90)81-66-36-59(27-21-50(66)3)78-72(87)93-42-53-24-30-69-56(33-53)39-84(47-98-69)62-17-11-6-12-18-62)44-95-74(89)80-65-35-58(26-20-49(65)2)77-71(86)92-41-52-23-29-68-55(32-52)38-83(46-97-68)61-15-9-5-10-16-61/h4-36,63H,37-47H2,1-3H3,(H,76,85)(H,77,86)(H,78,87)(H,79,88)(H,80,89)(H,81,90). The van der Waals surface area contributed by atoms with Gasteiger partial charge in [0.2, 0.25) is 0 Å². The van der Waals surface area contributed by atoms with Gasteiger partial charge in [0.1, 0.15) is 50.3 Å². The van der Waals surface area contributed by atoms with Gasteiger partial charge in [-0.25, -0.2) is 28.8 Å². The SMILES string of the molecule is Cc1ccc(NC(=O)OCc2ccc3c(c2)CN(c2ccccc2)CO3)cc1NC(=O)OCC(COC(=O)Nc1cc(NC(=O)OCc2ccc3c(c2)CN(c2ccccc2)CO3)ccc1C)OC(=O)Nc1cc(NC(=O)OCc2ccc3c(c2)CN(c2ccccc2)CO3)ccc1C. The highest BCUT2D eigenvalue weighted by atomic mass is 16.6. The molecule has 0 saturated heterocycles. The maximum atomic E-state index is 13.8. The van der Waals surface area contributed by atoms with Crippen molar-refractivity contribution < 1.29 is 71.4 Å². The molecule has 0 unspecified atom stereocenters. The number of nitrogens with zero attached hydrogens (tertiary/aromatic N) is 3. The van der Waals surface area contributed by atoms with Crippen LogP contribution in [0, 0.1) is 20.8 Å². The van der Waals surface area contributed by atoms with Gasteiger partial charge in [-0.05, 0) is 163 Å². The summed E-state index contributed by atoms with van der Waals surface area (Å²) in [6.45, 7) is 6.85. The predicted molar refractivity (Wildman–Crippen MR) is 372 cm³/mol. The fraction of sp³-hybridized carbons (Fsp3) is 0.200. The molecule has 0 spiro atoms. The first kappa shape index (κ1) is 66.4. The van der Waals surface area contributed by atoms with E-state index in [2.05, 4.69) is 46.6 Å². The van der Waals surface area contributed by atoms with E-state index in [1.165, 1.54) is 18.2 Å². The van der Waals surface area contributed by atoms with Crippen LogP contribution < -0.4 is 60.8 Å². The molecule has 0 atom stereocenters. The van der Waals surface area contributed by atoms with E-state index in [1.807, 2.05) is 146 Å². The van der Waals surface area contributed by atoms with Gasteiger partial charge in [0.25, 0.3) is 0 Å². The topological polar surface area (TPSA) is 267 Å². The van der Waals surface area contributed by atoms with E-state index >= 15 is 0 Å². The zero-order chi connectivity index (χ0) is 68.6. The first-order valence-electron chi connectivity index (χ1n) is 31.8. The van der Waals surface area contributed by atoms with Crippen molar-refractivity contribution >= 4 is 87.7 Å². The lowest BCUT2D eigenvalue weighted by Crippen LogP contribution is -2.34. The van der Waals surface area contributed by atoms with Crippen molar-refractivity contribution in [2.24, 2.45) is 0 Å². The van der Waals surface area contributed by atoms with Crippen LogP contribution in [0.3, 0.4) is 0 Å². The van der Waals surface area contributed by atoms with E-state index < -0.39 is 55.9 Å². The molecular formula is C75H71N9O15. The van der Waals surface area contributed by atoms with E-state index in [0.29, 0.717) is 67.9 Å². The van der Waals surface area contributed by atoms with E-state index in [4.69, 9.17) is 42.6 Å². The Morgan fingerprint density at radius 1 is 0.354 bits per heavy atom. The van der Waals surface area contributed by atoms with Gasteiger partial charge in [-0.15, -0.1) is 0 Å². The third-order valence-electron chi connectivity index (χ3n) is 16.3. The summed E-state index contributed by atoms with van der Waals surface area (Å²) in [5.74, 6) is 2.26. The van der Waals surface area contributed by atoms with Crippen molar-refractivity contribution in [3.63, 3.8) is 0 Å². The Labute approximate surface area is 570 Å². The van der Waals surface area contributed by atoms with Crippen molar-refractivity contribution in [2.75, 3.05) is 80.0 Å². The minimum Gasteiger partial charge on any atom is -0.473 e. The van der Waals surface area contributed by atoms with Gasteiger partial charge in [-0.1, -0.05) is 91.0 Å². The van der Waals surface area contributed by atoms with Crippen LogP contribution >= 0.6 is 0 Å². The van der Waals surface area contributed by atoms with Crippen molar-refractivity contribution in [3.8, 4) is 17.2 Å². The van der Waals surface area contributed by atoms with Crippen LogP contribution in [-0.2, 0) is 67.9 Å². The lowest BCUT2D eigenvalue weighted by Gasteiger charge is -2.31. The highest BCUT2D eigenvalue weighted by molar-refractivity contribution is 5.92. The zero-order valence-corrected chi connectivity index (χ0v) is 54.4. The zero-order valence-electron chi connectivity index (χ0n) is 54.4. The monoisotopic (exact) mass is 1340 g/mol. The highest BCUT2D eigenvalue weighted by Crippen LogP contribution is 2.34. The number of para-hydroxylation sites is 3. The Morgan fingerprint density at radius 2 is 0.657 bits per heavy atom. The minimum atomic E-state index is -1.42. The van der Waals surface area contributed by atoms with Gasteiger partial charge in [-0.2, -0.15) is 0 Å². The summed E-state index contributed by atoms with van der Waals surface area (Å²) in [6.07, 6.45) is -6.67. The number of hydrogen-bond donors (Lipinski definition) is 6. The predicted octanol–water partition coefficient (Wildman–Crippen LogP) is 15.3. The molecule has 9 aromatic rings. The summed E-state index contributed by atoms with van der Waals surface area (Å²) in [6, 6.07) is 61.0. The number of anilines is 9. The van der Waals surface area contributed by atoms with E-state index in [1.54, 1.807) is 57.2 Å². The Bertz CT molecular complexity index is 4230. The number of nitrogens with one attached hydrogen (secondary N) is 6. The smallest absolute Gasteiger partial charge is 0.412 e. The fourth-order valence-corrected chi connectivity index (χ4v) is 11.0. The average Bonchev–Trinajstić information content (AvgIpc) is 0.972. The normalized spacial score (nSPS) is 12.7. The molecule has 6 N–H and O–H groups in total. The molecule has 6 amide bonds. The van der Waals surface area contributed by atoms with Crippen molar-refractivity contribution in [2.45, 2.75) is 66.3 Å². The van der Waals surface area contributed by atoms with Crippen LogP contribution in [0.2, 0.25) is 0 Å². The molecule has 99 heavy (non-hydrogen) atoms. The maximum absolute atomic E-state index is 13.8. The number of rotatable bonds is 20. The number of ether oxygens (including phenoxy) is 9. The summed E-state index contributed by atoms with van der Waals surface area (Å²) in [7, 11) is 0. The molecule has 0 saturated carbocycles. The largest absolute Gasteiger partial charge is 0.473 e. The van der Waals surface area contributed by atoms with Gasteiger partial charge >= 0.3 is 36.6 Å². The van der Waals surface area contributed by atoms with Crippen LogP contribution in [0.25, 0.3) is 0 Å². The molecule has 3 heterocycles. The second-order valence-corrected chi connectivity index (χ2v) is 23.5. The number of carbonyl (C=O) groups excluding carboxylic acids is 6. The first-order chi connectivity index (χ1) is 48.1. The third kappa shape index (κ3) is 18.1. The highest BCUT2D eigenvalue weighted by Gasteiger charge is 2.25. The minimum absolute atomic E-state index is 0.0305. The number of carbonyl (C=O) groups is 6. The lowest BCUT2D eigenvalue weighted by molar-refractivity contribution is 0.0176. The number of benzene rings is 9. The van der Waals surface area contributed by atoms with Gasteiger partial charge in [0, 0.05) is 87.5 Å². The van der Waals surface area contributed by atoms with Crippen molar-refractivity contribution in [1.82, 2.24) is 0 Å². The quantitative estimate of drug-likeness (QED) is 0.0387. The summed E-state index contributed by atoms with van der Waals surface area (Å²) in [5.41, 5.74) is 11.6. The molecule has 9 aromatic carbocycles. The second kappa shape index (κ2) is 31.3. The average molecular weight is 1340 g/mol. The van der Waals surface area contributed by atoms with Crippen LogP contribution in [0.4, 0.5) is 80.0 Å². The van der Waals surface area contributed by atoms with Crippen LogP contribution in [0.1, 0.15) is 50.1 Å². The molecular weight excluding hydrogens is 1270 g/mol. The van der Waals surface area contributed by atoms with E-state index in [9.17, 15) is 28.8 Å². The third-order valence-corrected chi connectivity index (χ3v) is 16.3. The van der Waals surface area contributed by atoms with Crippen LogP contribution in [0.15, 0.2) is 200 Å². The van der Waals surface area contributed by atoms with E-state index in [-0.39, 0.29) is 42.6 Å². The Hall–Kier alpha value is -12.6. The first-order valence-corrected chi connectivity index (χ1v) is 31.8. The molecule has 24 heteroatoms. The Kier molecular flexibility index (Phi) is 21.0. The van der Waals surface area contributed by atoms with Gasteiger partial charge in [0.15, 0.2) is 26.3 Å². The molecule has 3 aliphatic rings. The Morgan fingerprint density at radius 3 is 0.980 bits per heavy atom. The molecule has 0 aliphatic carbocycles. The molecule has 24 nitrogen and oxygen atoms in total. The molecule has 506 valence electrons. The molecule has 0 fully saturated rings. The number of aryl methyl sites for hydroxylation is 3. The summed E-state index contributed by atoms with van der Waals surface area (Å²) in [5, 5.41) is 16.1. The summed E-state index contributed by atoms with van der Waals surface area (Å²) in [4.78, 5) is 86.7. The Balaban J connectivity index is 0.656. The lowest BCUT2D eigenvalue weighted by atomic mass is 10.1. The van der Waals surface area contributed by atoms with Gasteiger partial charge < -0.3 is 57.3 Å². The molecule has 0 radical (unpaired) electrons.